The van der Waals surface area contributed by atoms with Crippen molar-refractivity contribution in [2.45, 2.75) is 0 Å². The second kappa shape index (κ2) is 4.22. The summed E-state index contributed by atoms with van der Waals surface area (Å²) >= 11 is 0. The van der Waals surface area contributed by atoms with Gasteiger partial charge in [-0.15, -0.1) is 0 Å². The molecule has 1 aromatic carbocycles. The summed E-state index contributed by atoms with van der Waals surface area (Å²) in [6.45, 7) is 0. The van der Waals surface area contributed by atoms with Crippen molar-refractivity contribution < 1.29 is 0 Å². The molecule has 0 radical (unpaired) electrons. The third-order valence-corrected chi connectivity index (χ3v) is 2.66. The van der Waals surface area contributed by atoms with Crippen molar-refractivity contribution in [3.05, 3.63) is 66.8 Å². The molecule has 0 amide bonds. The summed E-state index contributed by atoms with van der Waals surface area (Å²) < 4.78 is 0. The van der Waals surface area contributed by atoms with Crippen molar-refractivity contribution in [2.24, 2.45) is 0 Å². The van der Waals surface area contributed by atoms with Gasteiger partial charge in [0, 0.05) is 29.0 Å². The highest BCUT2D eigenvalue weighted by Crippen LogP contribution is 2.22. The predicted molar refractivity (Wildman–Crippen MR) is 68.9 cm³/mol. The highest BCUT2D eigenvalue weighted by molar-refractivity contribution is 5.91. The molecule has 2 heterocycles. The number of rotatable bonds is 1. The highest BCUT2D eigenvalue weighted by atomic mass is 14.9. The van der Waals surface area contributed by atoms with Gasteiger partial charge in [0.05, 0.1) is 5.52 Å². The van der Waals surface area contributed by atoms with Crippen LogP contribution in [0.15, 0.2) is 61.2 Å². The lowest BCUT2D eigenvalue weighted by Gasteiger charge is -2.09. The lowest BCUT2D eigenvalue weighted by atomic mass is 10.1. The molecule has 3 heteroatoms. The molecule has 0 saturated carbocycles. The molecule has 0 fully saturated rings. The molecule has 0 bridgehead atoms. The van der Waals surface area contributed by atoms with E-state index in [9.17, 15) is 0 Å². The van der Waals surface area contributed by atoms with E-state index in [0.717, 1.165) is 22.2 Å². The molecule has 1 N–H and O–H groups in total. The molecule has 0 saturated heterocycles. The molecule has 1 aromatic heterocycles. The average molecular weight is 221 g/mol. The first-order valence-corrected chi connectivity index (χ1v) is 5.44. The normalized spacial score (nSPS) is 14.2. The van der Waals surface area contributed by atoms with Gasteiger partial charge in [-0.2, -0.15) is 0 Å². The topological polar surface area (TPSA) is 37.8 Å². The number of benzene rings is 1. The fraction of sp³-hybridized carbons (Fsp3) is 0. The summed E-state index contributed by atoms with van der Waals surface area (Å²) in [6, 6.07) is 6.06. The number of nitrogens with one attached hydrogen (secondary N) is 1. The molecule has 3 nitrogen and oxygen atoms in total. The van der Waals surface area contributed by atoms with Gasteiger partial charge in [0.25, 0.3) is 0 Å². The Labute approximate surface area is 99.2 Å². The average Bonchev–Trinajstić information content (AvgIpc) is 2.67. The highest BCUT2D eigenvalue weighted by Gasteiger charge is 2.05. The number of hydrogen-bond donors (Lipinski definition) is 1. The van der Waals surface area contributed by atoms with Crippen LogP contribution < -0.4 is 5.32 Å². The fourth-order valence-electron chi connectivity index (χ4n) is 1.86. The second-order valence-electron chi connectivity index (χ2n) is 3.73. The molecule has 1 aliphatic heterocycles. The largest absolute Gasteiger partial charge is 0.361 e. The van der Waals surface area contributed by atoms with E-state index in [1.807, 2.05) is 48.8 Å². The maximum Gasteiger partial charge on any atom is 0.116 e. The Bertz CT molecular complexity index is 633. The molecule has 0 spiro atoms. The molecule has 82 valence electrons. The van der Waals surface area contributed by atoms with Gasteiger partial charge in [-0.3, -0.25) is 0 Å². The van der Waals surface area contributed by atoms with Gasteiger partial charge in [-0.25, -0.2) is 9.97 Å². The first kappa shape index (κ1) is 9.78. The molecule has 0 aliphatic carbocycles. The summed E-state index contributed by atoms with van der Waals surface area (Å²) in [5.41, 5.74) is 3.12. The minimum absolute atomic E-state index is 0.956. The Kier molecular flexibility index (Phi) is 2.43. The maximum atomic E-state index is 4.26. The van der Waals surface area contributed by atoms with Crippen LogP contribution in [-0.4, -0.2) is 9.97 Å². The SMILES string of the molecule is C1=CC=C(c2cccc3ncncc23)NC=C1. The van der Waals surface area contributed by atoms with Crippen molar-refractivity contribution in [1.29, 1.82) is 0 Å². The molecule has 1 aliphatic rings. The number of fused-ring (bicyclic) bond motifs is 1. The van der Waals surface area contributed by atoms with Crippen molar-refractivity contribution in [1.82, 2.24) is 15.3 Å². The van der Waals surface area contributed by atoms with E-state index in [2.05, 4.69) is 21.4 Å². The van der Waals surface area contributed by atoms with E-state index in [4.69, 9.17) is 0 Å². The molecule has 0 atom stereocenters. The van der Waals surface area contributed by atoms with E-state index < -0.39 is 0 Å². The van der Waals surface area contributed by atoms with Gasteiger partial charge in [0.15, 0.2) is 0 Å². The summed E-state index contributed by atoms with van der Waals surface area (Å²) in [6.07, 6.45) is 13.3. The Morgan fingerprint density at radius 3 is 3.06 bits per heavy atom. The van der Waals surface area contributed by atoms with E-state index in [-0.39, 0.29) is 0 Å². The van der Waals surface area contributed by atoms with E-state index in [0.29, 0.717) is 0 Å². The third-order valence-electron chi connectivity index (χ3n) is 2.66. The first-order valence-electron chi connectivity index (χ1n) is 5.44. The molecule has 2 aromatic rings. The number of allylic oxidation sites excluding steroid dienone is 4. The monoisotopic (exact) mass is 221 g/mol. The fourth-order valence-corrected chi connectivity index (χ4v) is 1.86. The predicted octanol–water partition coefficient (Wildman–Crippen LogP) is 2.64. The van der Waals surface area contributed by atoms with E-state index in [1.165, 1.54) is 0 Å². The maximum absolute atomic E-state index is 4.26. The lowest BCUT2D eigenvalue weighted by Crippen LogP contribution is -2.03. The minimum atomic E-state index is 0.956. The van der Waals surface area contributed by atoms with Gasteiger partial charge >= 0.3 is 0 Å². The number of hydrogen-bond acceptors (Lipinski definition) is 3. The van der Waals surface area contributed by atoms with Crippen LogP contribution in [0.1, 0.15) is 5.56 Å². The lowest BCUT2D eigenvalue weighted by molar-refractivity contribution is 1.20. The van der Waals surface area contributed by atoms with Crippen molar-refractivity contribution >= 4 is 16.6 Å². The zero-order chi connectivity index (χ0) is 11.5. The zero-order valence-corrected chi connectivity index (χ0v) is 9.17. The van der Waals surface area contributed by atoms with Crippen molar-refractivity contribution in [3.8, 4) is 0 Å². The van der Waals surface area contributed by atoms with Crippen LogP contribution in [-0.2, 0) is 0 Å². The van der Waals surface area contributed by atoms with Crippen LogP contribution in [0.5, 0.6) is 0 Å². The summed E-state index contributed by atoms with van der Waals surface area (Å²) in [5.74, 6) is 0. The van der Waals surface area contributed by atoms with E-state index in [1.54, 1.807) is 6.33 Å². The number of nitrogens with zero attached hydrogens (tertiary/aromatic N) is 2. The van der Waals surface area contributed by atoms with Gasteiger partial charge in [0.2, 0.25) is 0 Å². The summed E-state index contributed by atoms with van der Waals surface area (Å²) in [5, 5.41) is 4.31. The van der Waals surface area contributed by atoms with Crippen molar-refractivity contribution in [3.63, 3.8) is 0 Å². The summed E-state index contributed by atoms with van der Waals surface area (Å²) in [4.78, 5) is 8.35. The molecule has 0 unspecified atom stereocenters. The van der Waals surface area contributed by atoms with Gasteiger partial charge in [-0.1, -0.05) is 24.3 Å². The molecule has 3 rings (SSSR count). The van der Waals surface area contributed by atoms with Crippen molar-refractivity contribution in [2.75, 3.05) is 0 Å². The number of aromatic nitrogens is 2. The third kappa shape index (κ3) is 1.83. The molecule has 17 heavy (non-hydrogen) atoms. The van der Waals surface area contributed by atoms with Crippen LogP contribution in [0.3, 0.4) is 0 Å². The van der Waals surface area contributed by atoms with Crippen LogP contribution in [0.2, 0.25) is 0 Å². The Hall–Kier alpha value is -2.42. The quantitative estimate of drug-likeness (QED) is 0.804. The standard InChI is InChI=1S/C14H11N3/c1-2-6-13(16-8-3-1)11-5-4-7-14-12(11)9-15-10-17-14/h1-10,16H. The van der Waals surface area contributed by atoms with Gasteiger partial charge in [0.1, 0.15) is 6.33 Å². The smallest absolute Gasteiger partial charge is 0.116 e. The van der Waals surface area contributed by atoms with Gasteiger partial charge < -0.3 is 5.32 Å². The Morgan fingerprint density at radius 1 is 1.06 bits per heavy atom. The van der Waals surface area contributed by atoms with Crippen LogP contribution >= 0.6 is 0 Å². The minimum Gasteiger partial charge on any atom is -0.361 e. The Balaban J connectivity index is 2.20. The first-order chi connectivity index (χ1) is 8.45. The Morgan fingerprint density at radius 2 is 2.06 bits per heavy atom. The van der Waals surface area contributed by atoms with E-state index >= 15 is 0 Å². The second-order valence-corrected chi connectivity index (χ2v) is 3.73. The summed E-state index contributed by atoms with van der Waals surface area (Å²) in [7, 11) is 0. The zero-order valence-electron chi connectivity index (χ0n) is 9.17. The van der Waals surface area contributed by atoms with Gasteiger partial charge in [-0.05, 0) is 18.2 Å². The van der Waals surface area contributed by atoms with Crippen LogP contribution in [0, 0.1) is 0 Å². The molecular formula is C14H11N3. The molecular weight excluding hydrogens is 210 g/mol. The van der Waals surface area contributed by atoms with Crippen LogP contribution in [0.4, 0.5) is 0 Å². The van der Waals surface area contributed by atoms with Crippen LogP contribution in [0.25, 0.3) is 16.6 Å².